The molecule has 0 bridgehead atoms. The van der Waals surface area contributed by atoms with Crippen molar-refractivity contribution < 1.29 is 8.42 Å². The van der Waals surface area contributed by atoms with Crippen LogP contribution >= 0.6 is 0 Å². The Kier molecular flexibility index (Phi) is 1.24. The summed E-state index contributed by atoms with van der Waals surface area (Å²) in [6.45, 7) is 0. The highest BCUT2D eigenvalue weighted by Gasteiger charge is 2.08. The first-order valence-corrected chi connectivity index (χ1v) is 4.06. The Balaban J connectivity index is 3.20. The second-order valence-electron chi connectivity index (χ2n) is 1.58. The molecule has 0 aliphatic rings. The molecule has 0 fully saturated rings. The summed E-state index contributed by atoms with van der Waals surface area (Å²) in [7, 11) is -3.16. The van der Waals surface area contributed by atoms with Gasteiger partial charge in [-0.05, 0) is 0 Å². The van der Waals surface area contributed by atoms with Gasteiger partial charge in [-0.1, -0.05) is 5.21 Å². The lowest BCUT2D eigenvalue weighted by atomic mass is 11.0. The Hall–Kier alpha value is -0.910. The number of aromatic amines is 1. The van der Waals surface area contributed by atoms with Crippen molar-refractivity contribution in [3.05, 3.63) is 6.20 Å². The molecule has 0 radical (unpaired) electrons. The third-order valence-electron chi connectivity index (χ3n) is 0.774. The van der Waals surface area contributed by atoms with Gasteiger partial charge >= 0.3 is 0 Å². The van der Waals surface area contributed by atoms with Crippen LogP contribution in [0.1, 0.15) is 0 Å². The molecule has 0 saturated carbocycles. The zero-order valence-electron chi connectivity index (χ0n) is 4.70. The number of aromatic nitrogens is 3. The van der Waals surface area contributed by atoms with Gasteiger partial charge in [-0.2, -0.15) is 0 Å². The number of sulfone groups is 1. The Morgan fingerprint density at radius 2 is 2.33 bits per heavy atom. The van der Waals surface area contributed by atoms with Gasteiger partial charge in [0.25, 0.3) is 0 Å². The molecular weight excluding hydrogens is 142 g/mol. The summed E-state index contributed by atoms with van der Waals surface area (Å²) in [4.78, 5) is 0. The largest absolute Gasteiger partial charge is 0.264 e. The van der Waals surface area contributed by atoms with Crippen LogP contribution in [0.5, 0.6) is 0 Å². The Morgan fingerprint density at radius 1 is 1.67 bits per heavy atom. The normalized spacial score (nSPS) is 11.7. The number of hydrogen-bond acceptors (Lipinski definition) is 4. The first-order chi connectivity index (χ1) is 4.11. The second kappa shape index (κ2) is 1.80. The molecule has 1 heterocycles. The van der Waals surface area contributed by atoms with Crippen molar-refractivity contribution in [2.75, 3.05) is 6.26 Å². The van der Waals surface area contributed by atoms with E-state index in [4.69, 9.17) is 0 Å². The lowest BCUT2D eigenvalue weighted by Gasteiger charge is -1.83. The maximum Gasteiger partial charge on any atom is 0.196 e. The lowest BCUT2D eigenvalue weighted by Crippen LogP contribution is -1.96. The van der Waals surface area contributed by atoms with E-state index >= 15 is 0 Å². The van der Waals surface area contributed by atoms with Gasteiger partial charge in [-0.3, -0.25) is 5.10 Å². The molecule has 1 rings (SSSR count). The average molecular weight is 147 g/mol. The SMILES string of the molecule is CS(=O)(=O)c1c[nH]nn1. The van der Waals surface area contributed by atoms with Crippen LogP contribution < -0.4 is 0 Å². The van der Waals surface area contributed by atoms with Gasteiger partial charge in [0.15, 0.2) is 14.9 Å². The molecule has 50 valence electrons. The predicted molar refractivity (Wildman–Crippen MR) is 29.5 cm³/mol. The standard InChI is InChI=1S/C3H5N3O2S/c1-9(7,8)3-2-4-6-5-3/h2H,1H3,(H,4,5,6). The van der Waals surface area contributed by atoms with Gasteiger partial charge < -0.3 is 0 Å². The fourth-order valence-corrected chi connectivity index (χ4v) is 0.828. The van der Waals surface area contributed by atoms with Crippen molar-refractivity contribution in [2.45, 2.75) is 5.03 Å². The molecule has 0 spiro atoms. The highest BCUT2D eigenvalue weighted by atomic mass is 32.2. The van der Waals surface area contributed by atoms with Crippen molar-refractivity contribution in [3.63, 3.8) is 0 Å². The predicted octanol–water partition coefficient (Wildman–Crippen LogP) is -0.792. The van der Waals surface area contributed by atoms with E-state index in [9.17, 15) is 8.42 Å². The van der Waals surface area contributed by atoms with Crippen LogP contribution in [0, 0.1) is 0 Å². The van der Waals surface area contributed by atoms with Gasteiger partial charge in [0.2, 0.25) is 0 Å². The molecule has 1 N–H and O–H groups in total. The topological polar surface area (TPSA) is 75.7 Å². The maximum absolute atomic E-state index is 10.6. The number of hydrogen-bond donors (Lipinski definition) is 1. The molecule has 6 heteroatoms. The van der Waals surface area contributed by atoms with Gasteiger partial charge in [0.1, 0.15) is 0 Å². The minimum absolute atomic E-state index is 0.0255. The molecule has 0 saturated heterocycles. The lowest BCUT2D eigenvalue weighted by molar-refractivity contribution is 0.598. The third-order valence-corrected chi connectivity index (χ3v) is 1.73. The van der Waals surface area contributed by atoms with Crippen molar-refractivity contribution in [3.8, 4) is 0 Å². The fourth-order valence-electron chi connectivity index (χ4n) is 0.372. The summed E-state index contributed by atoms with van der Waals surface area (Å²) in [6, 6.07) is 0. The van der Waals surface area contributed by atoms with Gasteiger partial charge in [0, 0.05) is 6.26 Å². The number of nitrogens with one attached hydrogen (secondary N) is 1. The first-order valence-electron chi connectivity index (χ1n) is 2.17. The van der Waals surface area contributed by atoms with Crippen LogP contribution in [-0.4, -0.2) is 30.1 Å². The molecule has 0 amide bonds. The first kappa shape index (κ1) is 6.21. The second-order valence-corrected chi connectivity index (χ2v) is 3.55. The van der Waals surface area contributed by atoms with Crippen LogP contribution in [0.15, 0.2) is 11.2 Å². The highest BCUT2D eigenvalue weighted by molar-refractivity contribution is 7.90. The summed E-state index contributed by atoms with van der Waals surface area (Å²) in [5.41, 5.74) is 0. The van der Waals surface area contributed by atoms with Crippen molar-refractivity contribution >= 4 is 9.84 Å². The number of H-pyrrole nitrogens is 1. The minimum atomic E-state index is -3.16. The van der Waals surface area contributed by atoms with Crippen molar-refractivity contribution in [1.82, 2.24) is 15.4 Å². The molecule has 0 aliphatic carbocycles. The van der Waals surface area contributed by atoms with E-state index < -0.39 is 9.84 Å². The summed E-state index contributed by atoms with van der Waals surface area (Å²) < 4.78 is 21.1. The van der Waals surface area contributed by atoms with Crippen LogP contribution in [0.3, 0.4) is 0 Å². The molecule has 0 atom stereocenters. The zero-order valence-corrected chi connectivity index (χ0v) is 5.51. The van der Waals surface area contributed by atoms with E-state index in [1.165, 1.54) is 6.20 Å². The summed E-state index contributed by atoms with van der Waals surface area (Å²) in [5.74, 6) is 0. The number of nitrogens with zero attached hydrogens (tertiary/aromatic N) is 2. The molecule has 5 nitrogen and oxygen atoms in total. The maximum atomic E-state index is 10.6. The number of rotatable bonds is 1. The Labute approximate surface area is 52.0 Å². The van der Waals surface area contributed by atoms with Crippen molar-refractivity contribution in [2.24, 2.45) is 0 Å². The van der Waals surface area contributed by atoms with Crippen LogP contribution in [-0.2, 0) is 9.84 Å². The van der Waals surface area contributed by atoms with Crippen molar-refractivity contribution in [1.29, 1.82) is 0 Å². The molecule has 0 unspecified atom stereocenters. The van der Waals surface area contributed by atoms with Gasteiger partial charge in [-0.15, -0.1) is 5.10 Å². The van der Waals surface area contributed by atoms with Crippen LogP contribution in [0.25, 0.3) is 0 Å². The van der Waals surface area contributed by atoms with Gasteiger partial charge in [-0.25, -0.2) is 8.42 Å². The summed E-state index contributed by atoms with van der Waals surface area (Å²) in [5, 5.41) is 8.80. The van der Waals surface area contributed by atoms with Crippen LogP contribution in [0.4, 0.5) is 0 Å². The summed E-state index contributed by atoms with van der Waals surface area (Å²) >= 11 is 0. The smallest absolute Gasteiger partial charge is 0.196 e. The van der Waals surface area contributed by atoms with E-state index in [1.54, 1.807) is 0 Å². The van der Waals surface area contributed by atoms with E-state index in [0.717, 1.165) is 6.26 Å². The van der Waals surface area contributed by atoms with E-state index in [2.05, 4.69) is 15.4 Å². The third kappa shape index (κ3) is 1.26. The monoisotopic (exact) mass is 147 g/mol. The average Bonchev–Trinajstić information content (AvgIpc) is 2.08. The van der Waals surface area contributed by atoms with E-state index in [0.29, 0.717) is 0 Å². The molecule has 1 aromatic heterocycles. The molecule has 0 aliphatic heterocycles. The fraction of sp³-hybridized carbons (Fsp3) is 0.333. The quantitative estimate of drug-likeness (QED) is 0.564. The molecule has 0 aromatic carbocycles. The van der Waals surface area contributed by atoms with Gasteiger partial charge in [0.05, 0.1) is 6.20 Å². The molecular formula is C3H5N3O2S. The van der Waals surface area contributed by atoms with E-state index in [-0.39, 0.29) is 5.03 Å². The molecule has 9 heavy (non-hydrogen) atoms. The minimum Gasteiger partial charge on any atom is -0.264 e. The highest BCUT2D eigenvalue weighted by Crippen LogP contribution is 1.97. The zero-order chi connectivity index (χ0) is 6.91. The van der Waals surface area contributed by atoms with E-state index in [1.807, 2.05) is 0 Å². The Bertz CT molecular complexity index is 274. The summed E-state index contributed by atoms with van der Waals surface area (Å²) in [6.07, 6.45) is 2.31. The Morgan fingerprint density at radius 3 is 2.56 bits per heavy atom. The molecule has 1 aromatic rings. The van der Waals surface area contributed by atoms with Crippen LogP contribution in [0.2, 0.25) is 0 Å².